The lowest BCUT2D eigenvalue weighted by atomic mass is 9.90. The number of amides is 1. The average Bonchev–Trinajstić information content (AvgIpc) is 3.11. The van der Waals surface area contributed by atoms with Gasteiger partial charge in [-0.1, -0.05) is 48.5 Å². The molecule has 1 aromatic heterocycles. The molecule has 0 atom stereocenters. The van der Waals surface area contributed by atoms with Crippen molar-refractivity contribution in [1.29, 1.82) is 0 Å². The number of aryl methyl sites for hydroxylation is 1. The summed E-state index contributed by atoms with van der Waals surface area (Å²) in [5.41, 5.74) is 2.30. The van der Waals surface area contributed by atoms with Gasteiger partial charge in [-0.2, -0.15) is 0 Å². The summed E-state index contributed by atoms with van der Waals surface area (Å²) >= 11 is 0. The smallest absolute Gasteiger partial charge is 0.293 e. The maximum Gasteiger partial charge on any atom is 0.293 e. The van der Waals surface area contributed by atoms with Crippen molar-refractivity contribution in [2.24, 2.45) is 5.92 Å². The second-order valence-electron chi connectivity index (χ2n) is 7.16. The summed E-state index contributed by atoms with van der Waals surface area (Å²) in [6.45, 7) is 3.42. The minimum Gasteiger partial charge on any atom is -0.336 e. The van der Waals surface area contributed by atoms with Crippen molar-refractivity contribution >= 4 is 5.91 Å². The van der Waals surface area contributed by atoms with Crippen LogP contribution in [0.3, 0.4) is 0 Å². The summed E-state index contributed by atoms with van der Waals surface area (Å²) in [6.07, 6.45) is 3.14. The number of aromatic nitrogens is 3. The molecule has 5 nitrogen and oxygen atoms in total. The predicted molar refractivity (Wildman–Crippen MR) is 105 cm³/mol. The fourth-order valence-corrected chi connectivity index (χ4v) is 3.72. The van der Waals surface area contributed by atoms with Crippen LogP contribution >= 0.6 is 0 Å². The number of piperidine rings is 1. The van der Waals surface area contributed by atoms with Gasteiger partial charge in [-0.15, -0.1) is 5.10 Å². The summed E-state index contributed by atoms with van der Waals surface area (Å²) in [6, 6.07) is 20.4. The van der Waals surface area contributed by atoms with Crippen LogP contribution in [0.1, 0.15) is 34.8 Å². The first-order valence-electron chi connectivity index (χ1n) is 9.53. The number of para-hydroxylation sites is 1. The van der Waals surface area contributed by atoms with Crippen LogP contribution in [-0.2, 0) is 6.42 Å². The monoisotopic (exact) mass is 360 g/mol. The van der Waals surface area contributed by atoms with E-state index >= 15 is 0 Å². The highest BCUT2D eigenvalue weighted by Gasteiger charge is 2.26. The highest BCUT2D eigenvalue weighted by molar-refractivity contribution is 5.90. The first-order valence-corrected chi connectivity index (χ1v) is 9.53. The lowest BCUT2D eigenvalue weighted by molar-refractivity contribution is 0.0678. The van der Waals surface area contributed by atoms with E-state index in [-0.39, 0.29) is 11.7 Å². The lowest BCUT2D eigenvalue weighted by Gasteiger charge is -2.31. The number of rotatable bonds is 4. The summed E-state index contributed by atoms with van der Waals surface area (Å²) in [7, 11) is 0. The Hall–Kier alpha value is -2.95. The lowest BCUT2D eigenvalue weighted by Crippen LogP contribution is -2.39. The fourth-order valence-electron chi connectivity index (χ4n) is 3.72. The van der Waals surface area contributed by atoms with Crippen molar-refractivity contribution in [2.75, 3.05) is 13.1 Å². The van der Waals surface area contributed by atoms with E-state index in [1.807, 2.05) is 48.2 Å². The largest absolute Gasteiger partial charge is 0.336 e. The predicted octanol–water partition coefficient (Wildman–Crippen LogP) is 3.67. The summed E-state index contributed by atoms with van der Waals surface area (Å²) in [5.74, 6) is 1.58. The molecule has 2 aromatic carbocycles. The van der Waals surface area contributed by atoms with Crippen molar-refractivity contribution < 1.29 is 4.79 Å². The zero-order valence-electron chi connectivity index (χ0n) is 15.6. The maximum atomic E-state index is 12.8. The molecule has 1 aliphatic heterocycles. The highest BCUT2D eigenvalue weighted by atomic mass is 16.2. The Morgan fingerprint density at radius 3 is 2.30 bits per heavy atom. The third-order valence-corrected chi connectivity index (χ3v) is 5.23. The second-order valence-corrected chi connectivity index (χ2v) is 7.16. The molecule has 0 spiro atoms. The number of likely N-dealkylation sites (tertiary alicyclic amines) is 1. The molecular weight excluding hydrogens is 336 g/mol. The van der Waals surface area contributed by atoms with Crippen LogP contribution in [0, 0.1) is 12.8 Å². The molecule has 0 radical (unpaired) electrons. The van der Waals surface area contributed by atoms with Gasteiger partial charge in [0.25, 0.3) is 5.91 Å². The van der Waals surface area contributed by atoms with Crippen LogP contribution < -0.4 is 0 Å². The van der Waals surface area contributed by atoms with Gasteiger partial charge >= 0.3 is 0 Å². The van der Waals surface area contributed by atoms with Gasteiger partial charge in [0.05, 0.1) is 5.69 Å². The van der Waals surface area contributed by atoms with Gasteiger partial charge < -0.3 is 4.90 Å². The molecule has 1 fully saturated rings. The molecule has 3 aromatic rings. The molecular formula is C22H24N4O. The van der Waals surface area contributed by atoms with Gasteiger partial charge in [0.15, 0.2) is 0 Å². The van der Waals surface area contributed by atoms with E-state index in [2.05, 4.69) is 34.3 Å². The first kappa shape index (κ1) is 17.5. The first-order chi connectivity index (χ1) is 13.2. The van der Waals surface area contributed by atoms with Crippen molar-refractivity contribution in [3.8, 4) is 5.69 Å². The number of carbonyl (C=O) groups excluding carboxylic acids is 1. The topological polar surface area (TPSA) is 51.0 Å². The van der Waals surface area contributed by atoms with E-state index in [1.165, 1.54) is 5.56 Å². The van der Waals surface area contributed by atoms with Gasteiger partial charge in [0, 0.05) is 13.1 Å². The minimum absolute atomic E-state index is 0.0639. The molecule has 27 heavy (non-hydrogen) atoms. The van der Waals surface area contributed by atoms with Gasteiger partial charge in [-0.3, -0.25) is 4.79 Å². The van der Waals surface area contributed by atoms with Crippen molar-refractivity contribution in [3.63, 3.8) is 0 Å². The highest BCUT2D eigenvalue weighted by Crippen LogP contribution is 2.22. The Balaban J connectivity index is 1.40. The molecule has 0 saturated carbocycles. The van der Waals surface area contributed by atoms with Crippen molar-refractivity contribution in [1.82, 2.24) is 19.7 Å². The normalized spacial score (nSPS) is 15.1. The van der Waals surface area contributed by atoms with E-state index in [0.29, 0.717) is 5.92 Å². The van der Waals surface area contributed by atoms with Crippen LogP contribution in [-0.4, -0.2) is 38.7 Å². The molecule has 1 saturated heterocycles. The second kappa shape index (κ2) is 7.74. The molecule has 1 aliphatic rings. The quantitative estimate of drug-likeness (QED) is 0.713. The van der Waals surface area contributed by atoms with E-state index in [1.54, 1.807) is 4.68 Å². The van der Waals surface area contributed by atoms with E-state index in [9.17, 15) is 4.79 Å². The zero-order chi connectivity index (χ0) is 18.6. The Bertz CT molecular complexity index is 897. The summed E-state index contributed by atoms with van der Waals surface area (Å²) in [5, 5.41) is 4.46. The molecule has 0 N–H and O–H groups in total. The molecule has 0 aliphatic carbocycles. The van der Waals surface area contributed by atoms with Crippen LogP contribution in [0.4, 0.5) is 0 Å². The molecule has 5 heteroatoms. The third kappa shape index (κ3) is 3.92. The number of hydrogen-bond donors (Lipinski definition) is 0. The van der Waals surface area contributed by atoms with Crippen molar-refractivity contribution in [3.05, 3.63) is 77.9 Å². The van der Waals surface area contributed by atoms with E-state index in [4.69, 9.17) is 0 Å². The Morgan fingerprint density at radius 1 is 1.00 bits per heavy atom. The third-order valence-electron chi connectivity index (χ3n) is 5.23. The summed E-state index contributed by atoms with van der Waals surface area (Å²) in [4.78, 5) is 19.2. The SMILES string of the molecule is Cc1nc(C(=O)N2CCC(Cc3ccccc3)CC2)nn1-c1ccccc1. The average molecular weight is 360 g/mol. The maximum absolute atomic E-state index is 12.8. The number of carbonyl (C=O) groups is 1. The Labute approximate surface area is 159 Å². The van der Waals surface area contributed by atoms with Crippen LogP contribution in [0.5, 0.6) is 0 Å². The molecule has 138 valence electrons. The van der Waals surface area contributed by atoms with Gasteiger partial charge in [-0.05, 0) is 49.8 Å². The van der Waals surface area contributed by atoms with Crippen LogP contribution in [0.25, 0.3) is 5.69 Å². The molecule has 2 heterocycles. The Kier molecular flexibility index (Phi) is 5.01. The Morgan fingerprint density at radius 2 is 1.63 bits per heavy atom. The molecule has 0 unspecified atom stereocenters. The number of nitrogens with zero attached hydrogens (tertiary/aromatic N) is 4. The number of benzene rings is 2. The van der Waals surface area contributed by atoms with Crippen LogP contribution in [0.15, 0.2) is 60.7 Å². The van der Waals surface area contributed by atoms with Crippen LogP contribution in [0.2, 0.25) is 0 Å². The fraction of sp³-hybridized carbons (Fsp3) is 0.318. The zero-order valence-corrected chi connectivity index (χ0v) is 15.6. The standard InChI is InChI=1S/C22H24N4O/c1-17-23-21(24-26(17)20-10-6-3-7-11-20)22(27)25-14-12-19(13-15-25)16-18-8-4-2-5-9-18/h2-11,19H,12-16H2,1H3. The van der Waals surface area contributed by atoms with Crippen molar-refractivity contribution in [2.45, 2.75) is 26.2 Å². The van der Waals surface area contributed by atoms with Gasteiger partial charge in [0.1, 0.15) is 5.82 Å². The molecule has 0 bridgehead atoms. The summed E-state index contributed by atoms with van der Waals surface area (Å²) < 4.78 is 1.73. The minimum atomic E-state index is -0.0639. The van der Waals surface area contributed by atoms with E-state index < -0.39 is 0 Å². The van der Waals surface area contributed by atoms with Gasteiger partial charge in [0.2, 0.25) is 5.82 Å². The van der Waals surface area contributed by atoms with Gasteiger partial charge in [-0.25, -0.2) is 9.67 Å². The molecule has 4 rings (SSSR count). The number of hydrogen-bond acceptors (Lipinski definition) is 3. The molecule has 1 amide bonds. The van der Waals surface area contributed by atoms with E-state index in [0.717, 1.165) is 43.9 Å².